The highest BCUT2D eigenvalue weighted by Crippen LogP contribution is 2.28. The summed E-state index contributed by atoms with van der Waals surface area (Å²) in [7, 11) is 0. The Labute approximate surface area is 136 Å². The van der Waals surface area contributed by atoms with E-state index in [0.717, 1.165) is 23.7 Å². The van der Waals surface area contributed by atoms with Crippen LogP contribution in [0.15, 0.2) is 30.5 Å². The zero-order chi connectivity index (χ0) is 15.4. The van der Waals surface area contributed by atoms with Gasteiger partial charge in [-0.2, -0.15) is 5.10 Å². The highest BCUT2D eigenvalue weighted by atomic mass is 35.5. The summed E-state index contributed by atoms with van der Waals surface area (Å²) in [6.07, 6.45) is 2.58. The Hall–Kier alpha value is -1.03. The fourth-order valence-corrected chi connectivity index (χ4v) is 2.84. The maximum Gasteiger partial charge on any atom is 0.0834 e. The number of nitrogens with zero attached hydrogens (tertiary/aromatic N) is 2. The van der Waals surface area contributed by atoms with Crippen molar-refractivity contribution in [3.63, 3.8) is 0 Å². The van der Waals surface area contributed by atoms with Gasteiger partial charge in [0.25, 0.3) is 0 Å². The van der Waals surface area contributed by atoms with Crippen molar-refractivity contribution in [1.29, 1.82) is 0 Å². The van der Waals surface area contributed by atoms with E-state index in [2.05, 4.69) is 43.3 Å². The van der Waals surface area contributed by atoms with Gasteiger partial charge in [0.2, 0.25) is 0 Å². The number of halogens is 2. The van der Waals surface area contributed by atoms with Gasteiger partial charge in [0.1, 0.15) is 0 Å². The molecule has 0 saturated carbocycles. The SMILES string of the molecule is CCNC(Cc1ccc(Cl)cc1)c1c(Cl)cnn1C(C)C. The van der Waals surface area contributed by atoms with Crippen molar-refractivity contribution in [2.24, 2.45) is 0 Å². The van der Waals surface area contributed by atoms with Crippen molar-refractivity contribution >= 4 is 23.2 Å². The summed E-state index contributed by atoms with van der Waals surface area (Å²) in [4.78, 5) is 0. The third kappa shape index (κ3) is 4.00. The molecule has 0 radical (unpaired) electrons. The summed E-state index contributed by atoms with van der Waals surface area (Å²) in [6.45, 7) is 7.19. The molecule has 1 aromatic heterocycles. The second-order valence-electron chi connectivity index (χ2n) is 5.36. The summed E-state index contributed by atoms with van der Waals surface area (Å²) in [6, 6.07) is 8.35. The highest BCUT2D eigenvalue weighted by molar-refractivity contribution is 6.31. The molecular formula is C16H21Cl2N3. The lowest BCUT2D eigenvalue weighted by atomic mass is 10.0. The molecule has 2 aromatic rings. The topological polar surface area (TPSA) is 29.9 Å². The average Bonchev–Trinajstić information content (AvgIpc) is 2.83. The summed E-state index contributed by atoms with van der Waals surface area (Å²) < 4.78 is 1.99. The van der Waals surface area contributed by atoms with Crippen molar-refractivity contribution < 1.29 is 0 Å². The number of benzene rings is 1. The minimum Gasteiger partial charge on any atom is -0.309 e. The van der Waals surface area contributed by atoms with Crippen LogP contribution >= 0.6 is 23.2 Å². The van der Waals surface area contributed by atoms with Gasteiger partial charge in [0.05, 0.1) is 23.0 Å². The molecule has 0 bridgehead atoms. The monoisotopic (exact) mass is 325 g/mol. The molecular weight excluding hydrogens is 305 g/mol. The van der Waals surface area contributed by atoms with Crippen molar-refractivity contribution in [3.8, 4) is 0 Å². The largest absolute Gasteiger partial charge is 0.309 e. The van der Waals surface area contributed by atoms with Crippen LogP contribution in [0.1, 0.15) is 44.1 Å². The van der Waals surface area contributed by atoms with E-state index in [-0.39, 0.29) is 12.1 Å². The van der Waals surface area contributed by atoms with Gasteiger partial charge in [0.15, 0.2) is 0 Å². The van der Waals surface area contributed by atoms with E-state index >= 15 is 0 Å². The number of hydrogen-bond donors (Lipinski definition) is 1. The predicted molar refractivity (Wildman–Crippen MR) is 89.2 cm³/mol. The van der Waals surface area contributed by atoms with Gasteiger partial charge >= 0.3 is 0 Å². The van der Waals surface area contributed by atoms with Crippen LogP contribution in [-0.2, 0) is 6.42 Å². The lowest BCUT2D eigenvalue weighted by molar-refractivity contribution is 0.448. The molecule has 1 unspecified atom stereocenters. The lowest BCUT2D eigenvalue weighted by Crippen LogP contribution is -2.26. The van der Waals surface area contributed by atoms with Gasteiger partial charge in [-0.1, -0.05) is 42.3 Å². The minimum atomic E-state index is 0.133. The zero-order valence-corrected chi connectivity index (χ0v) is 14.1. The quantitative estimate of drug-likeness (QED) is 0.836. The summed E-state index contributed by atoms with van der Waals surface area (Å²) in [5, 5.41) is 9.37. The molecule has 1 N–H and O–H groups in total. The molecule has 0 fully saturated rings. The average molecular weight is 326 g/mol. The molecule has 2 rings (SSSR count). The molecule has 0 saturated heterocycles. The molecule has 1 heterocycles. The van der Waals surface area contributed by atoms with E-state index in [9.17, 15) is 0 Å². The number of nitrogens with one attached hydrogen (secondary N) is 1. The Kier molecular flexibility index (Phi) is 5.68. The standard InChI is InChI=1S/C16H21Cl2N3/c1-4-19-15(9-12-5-7-13(17)8-6-12)16-14(18)10-20-21(16)11(2)3/h5-8,10-11,15,19H,4,9H2,1-3H3. The van der Waals surface area contributed by atoms with Crippen LogP contribution in [0.2, 0.25) is 10.0 Å². The molecule has 114 valence electrons. The molecule has 0 aliphatic carbocycles. The second kappa shape index (κ2) is 7.30. The van der Waals surface area contributed by atoms with Crippen LogP contribution in [0, 0.1) is 0 Å². The first-order valence-corrected chi connectivity index (χ1v) is 7.99. The number of aromatic nitrogens is 2. The lowest BCUT2D eigenvalue weighted by Gasteiger charge is -2.22. The number of hydrogen-bond acceptors (Lipinski definition) is 2. The fourth-order valence-electron chi connectivity index (χ4n) is 2.46. The summed E-state index contributed by atoms with van der Waals surface area (Å²) >= 11 is 12.3. The molecule has 0 spiro atoms. The van der Waals surface area contributed by atoms with E-state index in [1.165, 1.54) is 5.56 Å². The molecule has 5 heteroatoms. The van der Waals surface area contributed by atoms with Gasteiger partial charge in [0, 0.05) is 11.1 Å². The predicted octanol–water partition coefficient (Wildman–Crippen LogP) is 4.66. The van der Waals surface area contributed by atoms with Crippen LogP contribution in [0.5, 0.6) is 0 Å². The van der Waals surface area contributed by atoms with Crippen LogP contribution in [0.3, 0.4) is 0 Å². The van der Waals surface area contributed by atoms with E-state index in [0.29, 0.717) is 5.02 Å². The minimum absolute atomic E-state index is 0.133. The van der Waals surface area contributed by atoms with Gasteiger partial charge in [-0.15, -0.1) is 0 Å². The van der Waals surface area contributed by atoms with Gasteiger partial charge in [-0.25, -0.2) is 0 Å². The molecule has 1 atom stereocenters. The van der Waals surface area contributed by atoms with Crippen molar-refractivity contribution in [2.45, 2.75) is 39.3 Å². The van der Waals surface area contributed by atoms with E-state index in [1.54, 1.807) is 6.20 Å². The van der Waals surface area contributed by atoms with Gasteiger partial charge in [-0.05, 0) is 44.5 Å². The van der Waals surface area contributed by atoms with Crippen LogP contribution in [0.4, 0.5) is 0 Å². The molecule has 0 amide bonds. The summed E-state index contributed by atoms with van der Waals surface area (Å²) in [5.74, 6) is 0. The first-order valence-electron chi connectivity index (χ1n) is 7.23. The van der Waals surface area contributed by atoms with Crippen LogP contribution < -0.4 is 5.32 Å². The van der Waals surface area contributed by atoms with Gasteiger partial charge < -0.3 is 5.32 Å². The Morgan fingerprint density at radius 3 is 2.43 bits per heavy atom. The smallest absolute Gasteiger partial charge is 0.0834 e. The van der Waals surface area contributed by atoms with Crippen LogP contribution in [-0.4, -0.2) is 16.3 Å². The van der Waals surface area contributed by atoms with E-state index in [4.69, 9.17) is 23.2 Å². The van der Waals surface area contributed by atoms with Crippen LogP contribution in [0.25, 0.3) is 0 Å². The van der Waals surface area contributed by atoms with Crippen molar-refractivity contribution in [2.75, 3.05) is 6.54 Å². The van der Waals surface area contributed by atoms with E-state index in [1.807, 2.05) is 16.8 Å². The molecule has 21 heavy (non-hydrogen) atoms. The Morgan fingerprint density at radius 2 is 1.86 bits per heavy atom. The third-order valence-corrected chi connectivity index (χ3v) is 3.95. The summed E-state index contributed by atoms with van der Waals surface area (Å²) in [5.41, 5.74) is 2.27. The Balaban J connectivity index is 2.30. The van der Waals surface area contributed by atoms with Gasteiger partial charge in [-0.3, -0.25) is 4.68 Å². The normalized spacial score (nSPS) is 12.9. The van der Waals surface area contributed by atoms with Crippen molar-refractivity contribution in [1.82, 2.24) is 15.1 Å². The number of rotatable bonds is 6. The number of likely N-dealkylation sites (N-methyl/N-ethyl adjacent to an activating group) is 1. The molecule has 0 aliphatic heterocycles. The first-order chi connectivity index (χ1) is 10.0. The Morgan fingerprint density at radius 1 is 1.19 bits per heavy atom. The first kappa shape index (κ1) is 16.3. The molecule has 1 aromatic carbocycles. The second-order valence-corrected chi connectivity index (χ2v) is 6.20. The maximum atomic E-state index is 6.37. The third-order valence-electron chi connectivity index (χ3n) is 3.41. The van der Waals surface area contributed by atoms with E-state index < -0.39 is 0 Å². The highest BCUT2D eigenvalue weighted by Gasteiger charge is 2.21. The molecule has 3 nitrogen and oxygen atoms in total. The fraction of sp³-hybridized carbons (Fsp3) is 0.438. The zero-order valence-electron chi connectivity index (χ0n) is 12.6. The molecule has 0 aliphatic rings. The Bertz CT molecular complexity index is 576. The maximum absolute atomic E-state index is 6.37. The van der Waals surface area contributed by atoms with Crippen molar-refractivity contribution in [3.05, 3.63) is 51.8 Å².